The molecule has 0 radical (unpaired) electrons. The standard InChI is InChI=1S/C11H8ClF2NO2S/c1-2-17-10(16)11(13,14)9-15-7-5-6(12)3-4-8(7)18-9/h3-5H,2H2,1H3. The molecule has 0 aliphatic heterocycles. The number of hydrogen-bond donors (Lipinski definition) is 0. The number of hydrogen-bond acceptors (Lipinski definition) is 4. The largest absolute Gasteiger partial charge is 0.461 e. The maximum atomic E-state index is 13.7. The lowest BCUT2D eigenvalue weighted by Crippen LogP contribution is -2.28. The van der Waals surface area contributed by atoms with Crippen molar-refractivity contribution in [2.24, 2.45) is 0 Å². The lowest BCUT2D eigenvalue weighted by atomic mass is 10.3. The molecule has 7 heteroatoms. The van der Waals surface area contributed by atoms with Crippen molar-refractivity contribution in [3.8, 4) is 0 Å². The number of rotatable bonds is 3. The fourth-order valence-electron chi connectivity index (χ4n) is 1.34. The second-order valence-corrected chi connectivity index (χ2v) is 4.89. The Morgan fingerprint density at radius 2 is 2.28 bits per heavy atom. The average molecular weight is 292 g/mol. The third-order valence-corrected chi connectivity index (χ3v) is 3.49. The van der Waals surface area contributed by atoms with E-state index >= 15 is 0 Å². The highest BCUT2D eigenvalue weighted by Gasteiger charge is 2.45. The highest BCUT2D eigenvalue weighted by Crippen LogP contribution is 2.36. The summed E-state index contributed by atoms with van der Waals surface area (Å²) in [6, 6.07) is 4.63. The van der Waals surface area contributed by atoms with Gasteiger partial charge in [-0.25, -0.2) is 9.78 Å². The van der Waals surface area contributed by atoms with E-state index in [9.17, 15) is 13.6 Å². The van der Waals surface area contributed by atoms with E-state index < -0.39 is 16.9 Å². The second-order valence-electron chi connectivity index (χ2n) is 3.43. The molecule has 1 aromatic heterocycles. The molecule has 2 rings (SSSR count). The molecule has 1 heterocycles. The van der Waals surface area contributed by atoms with Gasteiger partial charge in [-0.1, -0.05) is 11.6 Å². The van der Waals surface area contributed by atoms with Crippen LogP contribution in [0.3, 0.4) is 0 Å². The Hall–Kier alpha value is -1.27. The summed E-state index contributed by atoms with van der Waals surface area (Å²) in [6.45, 7) is 1.36. The fourth-order valence-corrected chi connectivity index (χ4v) is 2.42. The van der Waals surface area contributed by atoms with Crippen LogP contribution in [0.15, 0.2) is 18.2 Å². The van der Waals surface area contributed by atoms with Gasteiger partial charge >= 0.3 is 11.9 Å². The molecule has 0 spiro atoms. The molecule has 3 nitrogen and oxygen atoms in total. The molecule has 0 saturated heterocycles. The summed E-state index contributed by atoms with van der Waals surface area (Å²) < 4.78 is 32.3. The van der Waals surface area contributed by atoms with Crippen LogP contribution in [-0.2, 0) is 15.5 Å². The van der Waals surface area contributed by atoms with E-state index in [4.69, 9.17) is 11.6 Å². The van der Waals surface area contributed by atoms with Gasteiger partial charge in [-0.3, -0.25) is 0 Å². The number of carbonyl (C=O) groups is 1. The zero-order valence-electron chi connectivity index (χ0n) is 9.25. The van der Waals surface area contributed by atoms with E-state index in [1.165, 1.54) is 13.0 Å². The summed E-state index contributed by atoms with van der Waals surface area (Å²) in [4.78, 5) is 14.9. The number of esters is 1. The molecule has 0 aliphatic rings. The zero-order chi connectivity index (χ0) is 13.3. The van der Waals surface area contributed by atoms with Gasteiger partial charge in [0.1, 0.15) is 0 Å². The molecule has 0 bridgehead atoms. The van der Waals surface area contributed by atoms with Gasteiger partial charge in [-0.2, -0.15) is 8.78 Å². The fraction of sp³-hybridized carbons (Fsp3) is 0.273. The highest BCUT2D eigenvalue weighted by atomic mass is 35.5. The Labute approximate surface area is 110 Å². The molecule has 0 saturated carbocycles. The first-order chi connectivity index (χ1) is 8.45. The summed E-state index contributed by atoms with van der Waals surface area (Å²) in [6.07, 6.45) is 0. The summed E-state index contributed by atoms with van der Waals surface area (Å²) in [7, 11) is 0. The molecule has 2 aromatic rings. The third kappa shape index (κ3) is 2.30. The minimum atomic E-state index is -3.73. The zero-order valence-corrected chi connectivity index (χ0v) is 10.8. The first kappa shape index (κ1) is 13.2. The number of alkyl halides is 2. The normalized spacial score (nSPS) is 11.8. The van der Waals surface area contributed by atoms with Crippen LogP contribution >= 0.6 is 22.9 Å². The Morgan fingerprint density at radius 3 is 2.94 bits per heavy atom. The number of carbonyl (C=O) groups excluding carboxylic acids is 1. The van der Waals surface area contributed by atoms with Crippen molar-refractivity contribution < 1.29 is 18.3 Å². The number of thiazole rings is 1. The van der Waals surface area contributed by atoms with E-state index in [0.29, 0.717) is 15.2 Å². The van der Waals surface area contributed by atoms with Crippen molar-refractivity contribution in [3.63, 3.8) is 0 Å². The Morgan fingerprint density at radius 1 is 1.56 bits per heavy atom. The van der Waals surface area contributed by atoms with Crippen LogP contribution in [0.25, 0.3) is 10.2 Å². The quantitative estimate of drug-likeness (QED) is 0.811. The van der Waals surface area contributed by atoms with Crippen LogP contribution in [0.2, 0.25) is 5.02 Å². The van der Waals surface area contributed by atoms with Crippen molar-refractivity contribution in [1.29, 1.82) is 0 Å². The van der Waals surface area contributed by atoms with Crippen molar-refractivity contribution in [2.45, 2.75) is 12.8 Å². The molecule has 0 N–H and O–H groups in total. The van der Waals surface area contributed by atoms with Crippen LogP contribution in [0.1, 0.15) is 11.9 Å². The third-order valence-electron chi connectivity index (χ3n) is 2.15. The van der Waals surface area contributed by atoms with Crippen molar-refractivity contribution in [1.82, 2.24) is 4.98 Å². The molecular weight excluding hydrogens is 284 g/mol. The van der Waals surface area contributed by atoms with Gasteiger partial charge in [0.2, 0.25) is 0 Å². The lowest BCUT2D eigenvalue weighted by molar-refractivity contribution is -0.173. The average Bonchev–Trinajstić information content (AvgIpc) is 2.72. The second kappa shape index (κ2) is 4.78. The van der Waals surface area contributed by atoms with Gasteiger partial charge in [-0.05, 0) is 25.1 Å². The van der Waals surface area contributed by atoms with Gasteiger partial charge in [-0.15, -0.1) is 11.3 Å². The van der Waals surface area contributed by atoms with Crippen LogP contribution in [-0.4, -0.2) is 17.6 Å². The van der Waals surface area contributed by atoms with Crippen molar-refractivity contribution in [3.05, 3.63) is 28.2 Å². The minimum Gasteiger partial charge on any atom is -0.461 e. The molecule has 0 amide bonds. The smallest absolute Gasteiger partial charge is 0.393 e. The molecule has 1 aromatic carbocycles. The van der Waals surface area contributed by atoms with E-state index in [2.05, 4.69) is 9.72 Å². The van der Waals surface area contributed by atoms with E-state index in [0.717, 1.165) is 11.3 Å². The number of benzene rings is 1. The van der Waals surface area contributed by atoms with Gasteiger partial charge in [0.25, 0.3) is 0 Å². The SMILES string of the molecule is CCOC(=O)C(F)(F)c1nc2cc(Cl)ccc2s1. The number of ether oxygens (including phenoxy) is 1. The molecule has 0 atom stereocenters. The predicted molar refractivity (Wildman–Crippen MR) is 65.2 cm³/mol. The van der Waals surface area contributed by atoms with Gasteiger partial charge < -0.3 is 4.74 Å². The highest BCUT2D eigenvalue weighted by molar-refractivity contribution is 7.18. The minimum absolute atomic E-state index is 0.106. The molecule has 96 valence electrons. The lowest BCUT2D eigenvalue weighted by Gasteiger charge is -2.10. The summed E-state index contributed by atoms with van der Waals surface area (Å²) in [5, 5.41) is -0.183. The molecular formula is C11H8ClF2NO2S. The summed E-state index contributed by atoms with van der Waals surface area (Å²) in [5.74, 6) is -5.32. The molecule has 0 fully saturated rings. The maximum absolute atomic E-state index is 13.7. The molecule has 18 heavy (non-hydrogen) atoms. The Bertz CT molecular complexity index is 600. The van der Waals surface area contributed by atoms with Gasteiger partial charge in [0.15, 0.2) is 5.01 Å². The Balaban J connectivity index is 2.44. The van der Waals surface area contributed by atoms with Crippen molar-refractivity contribution >= 4 is 39.1 Å². The predicted octanol–water partition coefficient (Wildman–Crippen LogP) is 3.60. The Kier molecular flexibility index (Phi) is 3.49. The molecule has 0 unspecified atom stereocenters. The number of fused-ring (bicyclic) bond motifs is 1. The van der Waals surface area contributed by atoms with Crippen molar-refractivity contribution in [2.75, 3.05) is 6.61 Å². The monoisotopic (exact) mass is 291 g/mol. The topological polar surface area (TPSA) is 39.2 Å². The van der Waals surface area contributed by atoms with Crippen LogP contribution in [0.5, 0.6) is 0 Å². The first-order valence-electron chi connectivity index (χ1n) is 5.06. The number of aromatic nitrogens is 1. The van der Waals surface area contributed by atoms with Crippen LogP contribution in [0.4, 0.5) is 8.78 Å². The first-order valence-corrected chi connectivity index (χ1v) is 6.26. The summed E-state index contributed by atoms with van der Waals surface area (Å²) in [5.41, 5.74) is 0.339. The van der Waals surface area contributed by atoms with E-state index in [1.54, 1.807) is 12.1 Å². The van der Waals surface area contributed by atoms with Gasteiger partial charge in [0, 0.05) is 5.02 Å². The number of halogens is 3. The van der Waals surface area contributed by atoms with Crippen LogP contribution < -0.4 is 0 Å². The maximum Gasteiger partial charge on any atom is 0.393 e. The molecule has 0 aliphatic carbocycles. The summed E-state index contributed by atoms with van der Waals surface area (Å²) >= 11 is 6.49. The van der Waals surface area contributed by atoms with E-state index in [1.807, 2.05) is 0 Å². The van der Waals surface area contributed by atoms with Crippen LogP contribution in [0, 0.1) is 0 Å². The number of nitrogens with zero attached hydrogens (tertiary/aromatic N) is 1. The van der Waals surface area contributed by atoms with E-state index in [-0.39, 0.29) is 6.61 Å². The van der Waals surface area contributed by atoms with Gasteiger partial charge in [0.05, 0.1) is 16.8 Å².